The van der Waals surface area contributed by atoms with Crippen LogP contribution in [0.4, 0.5) is 0 Å². The van der Waals surface area contributed by atoms with E-state index in [4.69, 9.17) is 16.3 Å². The molecular weight excluding hydrogens is 412 g/mol. The predicted octanol–water partition coefficient (Wildman–Crippen LogP) is 3.09. The molecule has 1 N–H and O–H groups in total. The number of phenolic OH excluding ortho intramolecular Hbond substituents is 1. The van der Waals surface area contributed by atoms with Crippen LogP contribution in [0.1, 0.15) is 41.4 Å². The van der Waals surface area contributed by atoms with E-state index in [9.17, 15) is 29.1 Å². The fraction of sp³-hybridized carbons (Fsp3) is 0.0455. The lowest BCUT2D eigenvalue weighted by Gasteiger charge is -2.12. The number of carbonyl (C=O) groups excluding carboxylic acids is 5. The topological polar surface area (TPSA) is 115 Å². The van der Waals surface area contributed by atoms with Gasteiger partial charge in [0.2, 0.25) is 0 Å². The van der Waals surface area contributed by atoms with Crippen LogP contribution >= 0.6 is 11.6 Å². The molecular formula is C22H13ClO7. The Morgan fingerprint density at radius 3 is 1.83 bits per heavy atom. The fourth-order valence-electron chi connectivity index (χ4n) is 2.88. The van der Waals surface area contributed by atoms with Crippen molar-refractivity contribution in [3.8, 4) is 11.5 Å². The standard InChI is InChI=1S/C12H7ClO4.C10H6O3/c13-6-11(16)17-10-3-1-2-7-8(14)4-5-9(15)12(7)10;11-7-4-5-9(13)10-6(7)2-1-3-8(10)12/h1-5H,6H2;1-5,12H. The van der Waals surface area contributed by atoms with E-state index in [-0.39, 0.29) is 62.8 Å². The summed E-state index contributed by atoms with van der Waals surface area (Å²) in [6.45, 7) is 0. The van der Waals surface area contributed by atoms with Gasteiger partial charge in [-0.25, -0.2) is 0 Å². The number of ketones is 4. The normalized spacial score (nSPS) is 13.9. The van der Waals surface area contributed by atoms with E-state index in [2.05, 4.69) is 0 Å². The monoisotopic (exact) mass is 424 g/mol. The Labute approximate surface area is 175 Å². The lowest BCUT2D eigenvalue weighted by atomic mass is 9.94. The van der Waals surface area contributed by atoms with Gasteiger partial charge in [0.25, 0.3) is 0 Å². The van der Waals surface area contributed by atoms with Crippen molar-refractivity contribution in [2.75, 3.05) is 5.88 Å². The van der Waals surface area contributed by atoms with E-state index in [1.165, 1.54) is 42.5 Å². The fourth-order valence-corrected chi connectivity index (χ4v) is 2.93. The van der Waals surface area contributed by atoms with Crippen molar-refractivity contribution in [3.63, 3.8) is 0 Å². The van der Waals surface area contributed by atoms with Gasteiger partial charge in [-0.05, 0) is 36.4 Å². The Morgan fingerprint density at radius 1 is 0.767 bits per heavy atom. The number of fused-ring (bicyclic) bond motifs is 2. The van der Waals surface area contributed by atoms with Crippen LogP contribution in [0.15, 0.2) is 60.7 Å². The maximum Gasteiger partial charge on any atom is 0.326 e. The van der Waals surface area contributed by atoms with Gasteiger partial charge < -0.3 is 9.84 Å². The number of ether oxygens (including phenoxy) is 1. The second kappa shape index (κ2) is 8.67. The zero-order chi connectivity index (χ0) is 21.8. The van der Waals surface area contributed by atoms with Gasteiger partial charge >= 0.3 is 5.97 Å². The molecule has 2 aromatic carbocycles. The molecule has 0 radical (unpaired) electrons. The second-order valence-corrected chi connectivity index (χ2v) is 6.38. The first kappa shape index (κ1) is 20.9. The second-order valence-electron chi connectivity index (χ2n) is 6.11. The molecule has 0 bridgehead atoms. The van der Waals surface area contributed by atoms with Crippen LogP contribution in [0.3, 0.4) is 0 Å². The number of esters is 1. The summed E-state index contributed by atoms with van der Waals surface area (Å²) >= 11 is 5.31. The molecule has 0 aromatic heterocycles. The molecule has 2 aliphatic carbocycles. The van der Waals surface area contributed by atoms with Gasteiger partial charge in [-0.1, -0.05) is 24.3 Å². The lowest BCUT2D eigenvalue weighted by molar-refractivity contribution is -0.131. The Balaban J connectivity index is 0.000000177. The average molecular weight is 425 g/mol. The highest BCUT2D eigenvalue weighted by molar-refractivity contribution is 6.27. The smallest absolute Gasteiger partial charge is 0.326 e. The first-order valence-electron chi connectivity index (χ1n) is 8.58. The number of carbonyl (C=O) groups is 5. The average Bonchev–Trinajstić information content (AvgIpc) is 2.74. The first-order chi connectivity index (χ1) is 14.3. The van der Waals surface area contributed by atoms with Crippen molar-refractivity contribution >= 4 is 40.7 Å². The molecule has 0 saturated carbocycles. The summed E-state index contributed by atoms with van der Waals surface area (Å²) in [5.41, 5.74) is 0.721. The van der Waals surface area contributed by atoms with Gasteiger partial charge in [-0.2, -0.15) is 0 Å². The highest BCUT2D eigenvalue weighted by atomic mass is 35.5. The third kappa shape index (κ3) is 4.11. The van der Waals surface area contributed by atoms with Crippen molar-refractivity contribution in [1.82, 2.24) is 0 Å². The van der Waals surface area contributed by atoms with Crippen LogP contribution in [0.2, 0.25) is 0 Å². The molecule has 0 aliphatic heterocycles. The number of alkyl halides is 1. The highest BCUT2D eigenvalue weighted by Crippen LogP contribution is 2.27. The molecule has 30 heavy (non-hydrogen) atoms. The molecule has 2 aromatic rings. The van der Waals surface area contributed by atoms with Crippen LogP contribution in [-0.4, -0.2) is 40.1 Å². The number of allylic oxidation sites excluding steroid dienone is 4. The molecule has 4 rings (SSSR count). The largest absolute Gasteiger partial charge is 0.507 e. The molecule has 150 valence electrons. The minimum Gasteiger partial charge on any atom is -0.507 e. The number of phenols is 1. The molecule has 0 saturated heterocycles. The summed E-state index contributed by atoms with van der Waals surface area (Å²) in [5.74, 6) is -2.29. The van der Waals surface area contributed by atoms with E-state index >= 15 is 0 Å². The Kier molecular flexibility index (Phi) is 6.03. The molecule has 7 nitrogen and oxygen atoms in total. The maximum atomic E-state index is 11.7. The molecule has 0 atom stereocenters. The van der Waals surface area contributed by atoms with Gasteiger partial charge in [0, 0.05) is 11.1 Å². The summed E-state index contributed by atoms with van der Waals surface area (Å²) < 4.78 is 4.90. The first-order valence-corrected chi connectivity index (χ1v) is 9.12. The van der Waals surface area contributed by atoms with Gasteiger partial charge in [0.05, 0.1) is 11.1 Å². The number of hydrogen-bond acceptors (Lipinski definition) is 7. The van der Waals surface area contributed by atoms with Crippen molar-refractivity contribution in [2.45, 2.75) is 0 Å². The lowest BCUT2D eigenvalue weighted by Crippen LogP contribution is -2.16. The van der Waals surface area contributed by atoms with Crippen LogP contribution in [0.25, 0.3) is 0 Å². The summed E-state index contributed by atoms with van der Waals surface area (Å²) in [6.07, 6.45) is 4.73. The van der Waals surface area contributed by atoms with E-state index in [1.54, 1.807) is 12.1 Å². The van der Waals surface area contributed by atoms with Gasteiger partial charge in [0.1, 0.15) is 17.4 Å². The van der Waals surface area contributed by atoms with Crippen LogP contribution < -0.4 is 4.74 Å². The Hall–Kier alpha value is -3.84. The molecule has 0 spiro atoms. The van der Waals surface area contributed by atoms with Crippen molar-refractivity contribution < 1.29 is 33.8 Å². The highest BCUT2D eigenvalue weighted by Gasteiger charge is 2.24. The van der Waals surface area contributed by atoms with E-state index in [1.807, 2.05) is 0 Å². The quantitative estimate of drug-likeness (QED) is 0.447. The minimum atomic E-state index is -0.671. The SMILES string of the molecule is O=C(CCl)Oc1cccc2c1C(=O)C=CC2=O.O=C1C=CC(=O)c2c(O)cccc21. The van der Waals surface area contributed by atoms with Gasteiger partial charge in [0.15, 0.2) is 23.1 Å². The minimum absolute atomic E-state index is 0.0656. The summed E-state index contributed by atoms with van der Waals surface area (Å²) in [5, 5.41) is 9.34. The molecule has 0 heterocycles. The molecule has 2 aliphatic rings. The molecule has 0 unspecified atom stereocenters. The Bertz CT molecular complexity index is 1160. The zero-order valence-electron chi connectivity index (χ0n) is 15.3. The van der Waals surface area contributed by atoms with Crippen LogP contribution in [0, 0.1) is 0 Å². The van der Waals surface area contributed by atoms with E-state index in [0.717, 1.165) is 6.08 Å². The number of benzene rings is 2. The summed E-state index contributed by atoms with van der Waals surface area (Å²) in [4.78, 5) is 56.8. The number of aromatic hydroxyl groups is 1. The maximum absolute atomic E-state index is 11.7. The molecule has 0 fully saturated rings. The third-order valence-electron chi connectivity index (χ3n) is 4.20. The van der Waals surface area contributed by atoms with Gasteiger partial charge in [-0.3, -0.25) is 24.0 Å². The zero-order valence-corrected chi connectivity index (χ0v) is 16.0. The van der Waals surface area contributed by atoms with Crippen molar-refractivity contribution in [1.29, 1.82) is 0 Å². The number of hydrogen-bond donors (Lipinski definition) is 1. The van der Waals surface area contributed by atoms with Crippen molar-refractivity contribution in [3.05, 3.63) is 83.0 Å². The van der Waals surface area contributed by atoms with Crippen LogP contribution in [-0.2, 0) is 4.79 Å². The predicted molar refractivity (Wildman–Crippen MR) is 107 cm³/mol. The third-order valence-corrected chi connectivity index (χ3v) is 4.42. The summed E-state index contributed by atoms with van der Waals surface area (Å²) in [7, 11) is 0. The van der Waals surface area contributed by atoms with Crippen LogP contribution in [0.5, 0.6) is 11.5 Å². The molecule has 0 amide bonds. The van der Waals surface area contributed by atoms with E-state index in [0.29, 0.717) is 0 Å². The van der Waals surface area contributed by atoms with E-state index < -0.39 is 5.97 Å². The number of halogens is 1. The van der Waals surface area contributed by atoms with Gasteiger partial charge in [-0.15, -0.1) is 11.6 Å². The van der Waals surface area contributed by atoms with Crippen molar-refractivity contribution in [2.24, 2.45) is 0 Å². The summed E-state index contributed by atoms with van der Waals surface area (Å²) in [6, 6.07) is 8.96. The Morgan fingerprint density at radius 2 is 1.27 bits per heavy atom. The molecule has 8 heteroatoms. The number of rotatable bonds is 2.